The first kappa shape index (κ1) is 17.0. The van der Waals surface area contributed by atoms with Gasteiger partial charge in [0, 0.05) is 42.9 Å². The van der Waals surface area contributed by atoms with E-state index in [-0.39, 0.29) is 12.1 Å². The minimum Gasteiger partial charge on any atom is -0.453 e. The minimum absolute atomic E-state index is 0.123. The summed E-state index contributed by atoms with van der Waals surface area (Å²) in [6.45, 7) is 1.27. The van der Waals surface area contributed by atoms with E-state index in [4.69, 9.17) is 15.5 Å². The number of hydrogen-bond donors (Lipinski definition) is 1. The smallest absolute Gasteiger partial charge is 0.409 e. The Morgan fingerprint density at radius 3 is 2.36 bits per heavy atom. The predicted octanol–water partition coefficient (Wildman–Crippen LogP) is 3.66. The van der Waals surface area contributed by atoms with E-state index in [2.05, 4.69) is 12.1 Å². The average Bonchev–Trinajstić information content (AvgIpc) is 2.67. The summed E-state index contributed by atoms with van der Waals surface area (Å²) in [6, 6.07) is 17.9. The third-order valence-corrected chi connectivity index (χ3v) is 4.49. The van der Waals surface area contributed by atoms with Gasteiger partial charge in [0.05, 0.1) is 7.11 Å². The highest BCUT2D eigenvalue weighted by molar-refractivity contribution is 5.87. The van der Waals surface area contributed by atoms with Gasteiger partial charge < -0.3 is 15.4 Å². The quantitative estimate of drug-likeness (QED) is 0.869. The summed E-state index contributed by atoms with van der Waals surface area (Å²) in [5.41, 5.74) is 10.2. The molecule has 0 spiro atoms. The van der Waals surface area contributed by atoms with Crippen LogP contribution in [0.1, 0.15) is 30.0 Å². The third-order valence-electron chi connectivity index (χ3n) is 4.49. The number of aliphatic imine (C=N–C) groups is 1. The Labute approximate surface area is 148 Å². The topological polar surface area (TPSA) is 67.9 Å². The molecule has 3 rings (SSSR count). The molecule has 1 saturated heterocycles. The minimum atomic E-state index is -0.272. The monoisotopic (exact) mass is 337 g/mol. The molecule has 2 N–H and O–H groups in total. The van der Waals surface area contributed by atoms with Crippen molar-refractivity contribution in [1.82, 2.24) is 4.90 Å². The number of carbonyl (C=O) groups is 1. The molecule has 0 saturated carbocycles. The molecule has 1 fully saturated rings. The van der Waals surface area contributed by atoms with Gasteiger partial charge in [-0.05, 0) is 11.6 Å². The number of hydrogen-bond acceptors (Lipinski definition) is 4. The van der Waals surface area contributed by atoms with Crippen molar-refractivity contribution in [3.63, 3.8) is 0 Å². The second kappa shape index (κ2) is 7.83. The van der Waals surface area contributed by atoms with Crippen molar-refractivity contribution in [3.8, 4) is 0 Å². The number of rotatable bonds is 3. The Morgan fingerprint density at radius 2 is 1.72 bits per heavy atom. The van der Waals surface area contributed by atoms with Crippen LogP contribution in [0.15, 0.2) is 59.6 Å². The Bertz CT molecular complexity index is 749. The molecular weight excluding hydrogens is 314 g/mol. The van der Waals surface area contributed by atoms with E-state index >= 15 is 0 Å². The highest BCUT2D eigenvalue weighted by Crippen LogP contribution is 2.31. The van der Waals surface area contributed by atoms with Crippen LogP contribution in [0.5, 0.6) is 0 Å². The van der Waals surface area contributed by atoms with Gasteiger partial charge in [-0.25, -0.2) is 4.79 Å². The van der Waals surface area contributed by atoms with Gasteiger partial charge >= 0.3 is 6.09 Å². The lowest BCUT2D eigenvalue weighted by Gasteiger charge is -2.27. The van der Waals surface area contributed by atoms with E-state index in [1.54, 1.807) is 4.90 Å². The van der Waals surface area contributed by atoms with Gasteiger partial charge in [0.15, 0.2) is 0 Å². The standard InChI is InChI=1S/C20H23N3O2/c1-25-20(24)23-13-11-16(12-14-23)22-19(15-7-3-2-4-8-15)17-9-5-6-10-18(17)21/h2-10,19H,11-14,21H2,1H3. The molecule has 130 valence electrons. The summed E-state index contributed by atoms with van der Waals surface area (Å²) < 4.78 is 4.79. The van der Waals surface area contributed by atoms with E-state index in [1.807, 2.05) is 42.5 Å². The number of methoxy groups -OCH3 is 1. The lowest BCUT2D eigenvalue weighted by atomic mass is 9.97. The second-order valence-electron chi connectivity index (χ2n) is 6.09. The molecule has 1 amide bonds. The third kappa shape index (κ3) is 3.99. The first-order chi connectivity index (χ1) is 12.2. The number of benzene rings is 2. The lowest BCUT2D eigenvalue weighted by Crippen LogP contribution is -2.38. The number of piperidine rings is 1. The highest BCUT2D eigenvalue weighted by atomic mass is 16.5. The molecule has 2 aromatic rings. The van der Waals surface area contributed by atoms with Gasteiger partial charge in [-0.1, -0.05) is 48.5 Å². The Kier molecular flexibility index (Phi) is 5.33. The first-order valence-electron chi connectivity index (χ1n) is 8.47. The molecule has 25 heavy (non-hydrogen) atoms. The van der Waals surface area contributed by atoms with Crippen LogP contribution >= 0.6 is 0 Å². The van der Waals surface area contributed by atoms with E-state index in [1.165, 1.54) is 7.11 Å². The summed E-state index contributed by atoms with van der Waals surface area (Å²) in [6.07, 6.45) is 1.24. The predicted molar refractivity (Wildman–Crippen MR) is 99.8 cm³/mol. The van der Waals surface area contributed by atoms with Crippen LogP contribution in [-0.2, 0) is 4.74 Å². The zero-order valence-electron chi connectivity index (χ0n) is 14.4. The number of ether oxygens (including phenoxy) is 1. The van der Waals surface area contributed by atoms with Crippen molar-refractivity contribution in [2.24, 2.45) is 4.99 Å². The number of para-hydroxylation sites is 1. The highest BCUT2D eigenvalue weighted by Gasteiger charge is 2.22. The fourth-order valence-corrected chi connectivity index (χ4v) is 3.11. The maximum absolute atomic E-state index is 11.6. The van der Waals surface area contributed by atoms with Gasteiger partial charge in [-0.3, -0.25) is 4.99 Å². The van der Waals surface area contributed by atoms with Gasteiger partial charge in [0.1, 0.15) is 6.04 Å². The number of nitrogen functional groups attached to an aromatic ring is 1. The van der Waals surface area contributed by atoms with Crippen molar-refractivity contribution in [3.05, 3.63) is 65.7 Å². The zero-order valence-corrected chi connectivity index (χ0v) is 14.4. The molecular formula is C20H23N3O2. The van der Waals surface area contributed by atoms with Gasteiger partial charge in [0.2, 0.25) is 0 Å². The van der Waals surface area contributed by atoms with E-state index in [9.17, 15) is 4.79 Å². The maximum atomic E-state index is 11.6. The molecule has 1 aliphatic rings. The number of nitrogens with two attached hydrogens (primary N) is 1. The lowest BCUT2D eigenvalue weighted by molar-refractivity contribution is 0.123. The van der Waals surface area contributed by atoms with Crippen molar-refractivity contribution in [1.29, 1.82) is 0 Å². The van der Waals surface area contributed by atoms with Crippen LogP contribution in [0.2, 0.25) is 0 Å². The van der Waals surface area contributed by atoms with Crippen LogP contribution in [0.3, 0.4) is 0 Å². The van der Waals surface area contributed by atoms with E-state index in [0.29, 0.717) is 13.1 Å². The van der Waals surface area contributed by atoms with Crippen LogP contribution in [0, 0.1) is 0 Å². The van der Waals surface area contributed by atoms with Crippen molar-refractivity contribution in [2.75, 3.05) is 25.9 Å². The average molecular weight is 337 g/mol. The summed E-state index contributed by atoms with van der Waals surface area (Å²) in [5.74, 6) is 0. The van der Waals surface area contributed by atoms with E-state index < -0.39 is 0 Å². The van der Waals surface area contributed by atoms with Crippen LogP contribution in [0.25, 0.3) is 0 Å². The van der Waals surface area contributed by atoms with Crippen molar-refractivity contribution in [2.45, 2.75) is 18.9 Å². The SMILES string of the molecule is COC(=O)N1CCC(=NC(c2ccccc2)c2ccccc2N)CC1. The Morgan fingerprint density at radius 1 is 1.08 bits per heavy atom. The number of carbonyl (C=O) groups excluding carboxylic acids is 1. The van der Waals surface area contributed by atoms with Crippen molar-refractivity contribution >= 4 is 17.5 Å². The number of likely N-dealkylation sites (tertiary alicyclic amines) is 1. The molecule has 0 bridgehead atoms. The molecule has 1 atom stereocenters. The molecule has 1 aliphatic heterocycles. The molecule has 5 heteroatoms. The Hall–Kier alpha value is -2.82. The number of anilines is 1. The Balaban J connectivity index is 1.87. The summed E-state index contributed by atoms with van der Waals surface area (Å²) in [7, 11) is 1.41. The first-order valence-corrected chi connectivity index (χ1v) is 8.47. The summed E-state index contributed by atoms with van der Waals surface area (Å²) in [4.78, 5) is 18.4. The largest absolute Gasteiger partial charge is 0.453 e. The molecule has 1 heterocycles. The van der Waals surface area contributed by atoms with Gasteiger partial charge in [0.25, 0.3) is 0 Å². The second-order valence-corrected chi connectivity index (χ2v) is 6.09. The fourth-order valence-electron chi connectivity index (χ4n) is 3.11. The molecule has 0 aliphatic carbocycles. The molecule has 5 nitrogen and oxygen atoms in total. The molecule has 1 unspecified atom stereocenters. The van der Waals surface area contributed by atoms with E-state index in [0.717, 1.165) is 35.4 Å². The maximum Gasteiger partial charge on any atom is 0.409 e. The summed E-state index contributed by atoms with van der Waals surface area (Å²) in [5, 5.41) is 0. The molecule has 0 aromatic heterocycles. The van der Waals surface area contributed by atoms with Gasteiger partial charge in [-0.2, -0.15) is 0 Å². The molecule has 0 radical (unpaired) electrons. The fraction of sp³-hybridized carbons (Fsp3) is 0.300. The van der Waals surface area contributed by atoms with Crippen molar-refractivity contribution < 1.29 is 9.53 Å². The number of nitrogens with zero attached hydrogens (tertiary/aromatic N) is 2. The number of amides is 1. The van der Waals surface area contributed by atoms with Crippen LogP contribution in [-0.4, -0.2) is 36.9 Å². The zero-order chi connectivity index (χ0) is 17.6. The van der Waals surface area contributed by atoms with Crippen LogP contribution < -0.4 is 5.73 Å². The molecule has 2 aromatic carbocycles. The summed E-state index contributed by atoms with van der Waals surface area (Å²) >= 11 is 0. The van der Waals surface area contributed by atoms with Gasteiger partial charge in [-0.15, -0.1) is 0 Å². The van der Waals surface area contributed by atoms with Crippen LogP contribution in [0.4, 0.5) is 10.5 Å². The normalized spacial score (nSPS) is 15.6.